The Balaban J connectivity index is 2.31. The highest BCUT2D eigenvalue weighted by Gasteiger charge is 2.28. The summed E-state index contributed by atoms with van der Waals surface area (Å²) in [5.41, 5.74) is 2.93. The molecule has 0 aromatic carbocycles. The zero-order chi connectivity index (χ0) is 15.6. The molecule has 0 radical (unpaired) electrons. The SMILES string of the molecule is CCc1c(C(=O)N2CCCC(NC)C2)[nH]c(C)c1C(C)=O. The molecular formula is C16H25N3O2. The second kappa shape index (κ2) is 6.43. The van der Waals surface area contributed by atoms with Crippen LogP contribution < -0.4 is 5.32 Å². The van der Waals surface area contributed by atoms with Crippen molar-refractivity contribution >= 4 is 11.7 Å². The Morgan fingerprint density at radius 3 is 2.71 bits per heavy atom. The van der Waals surface area contributed by atoms with E-state index in [4.69, 9.17) is 0 Å². The molecule has 1 atom stereocenters. The first kappa shape index (κ1) is 15.8. The largest absolute Gasteiger partial charge is 0.354 e. The molecule has 1 saturated heterocycles. The third-order valence-corrected chi connectivity index (χ3v) is 4.33. The van der Waals surface area contributed by atoms with Gasteiger partial charge in [0.1, 0.15) is 5.69 Å². The Morgan fingerprint density at radius 2 is 2.14 bits per heavy atom. The molecule has 0 saturated carbocycles. The minimum Gasteiger partial charge on any atom is -0.354 e. The number of aromatic amines is 1. The number of likely N-dealkylation sites (N-methyl/N-ethyl adjacent to an activating group) is 1. The van der Waals surface area contributed by atoms with Gasteiger partial charge in [-0.1, -0.05) is 6.92 Å². The molecule has 5 heteroatoms. The van der Waals surface area contributed by atoms with E-state index in [0.29, 0.717) is 23.7 Å². The number of likely N-dealkylation sites (tertiary alicyclic amines) is 1. The lowest BCUT2D eigenvalue weighted by molar-refractivity contribution is 0.0691. The van der Waals surface area contributed by atoms with Gasteiger partial charge in [0.15, 0.2) is 5.78 Å². The average Bonchev–Trinajstić information content (AvgIpc) is 2.83. The number of H-pyrrole nitrogens is 1. The van der Waals surface area contributed by atoms with Crippen molar-refractivity contribution in [3.05, 3.63) is 22.5 Å². The number of nitrogens with one attached hydrogen (secondary N) is 2. The second-order valence-corrected chi connectivity index (χ2v) is 5.77. The lowest BCUT2D eigenvalue weighted by atomic mass is 10.0. The number of carbonyl (C=O) groups is 2. The molecule has 1 amide bonds. The van der Waals surface area contributed by atoms with Gasteiger partial charge in [0.05, 0.1) is 0 Å². The highest BCUT2D eigenvalue weighted by atomic mass is 16.2. The van der Waals surface area contributed by atoms with Gasteiger partial charge in [0.2, 0.25) is 0 Å². The molecular weight excluding hydrogens is 266 g/mol. The van der Waals surface area contributed by atoms with Crippen molar-refractivity contribution in [3.63, 3.8) is 0 Å². The smallest absolute Gasteiger partial charge is 0.270 e. The van der Waals surface area contributed by atoms with Crippen LogP contribution in [0.25, 0.3) is 0 Å². The van der Waals surface area contributed by atoms with E-state index in [-0.39, 0.29) is 11.7 Å². The van der Waals surface area contributed by atoms with Gasteiger partial charge in [0, 0.05) is 30.4 Å². The molecule has 1 aliphatic heterocycles. The van der Waals surface area contributed by atoms with Gasteiger partial charge in [-0.05, 0) is 45.7 Å². The molecule has 1 aliphatic rings. The maximum atomic E-state index is 12.8. The van der Waals surface area contributed by atoms with Crippen molar-refractivity contribution in [2.45, 2.75) is 46.1 Å². The third kappa shape index (κ3) is 3.02. The number of aryl methyl sites for hydroxylation is 1. The number of piperidine rings is 1. The molecule has 0 aliphatic carbocycles. The van der Waals surface area contributed by atoms with Gasteiger partial charge in [-0.15, -0.1) is 0 Å². The average molecular weight is 291 g/mol. The standard InChI is InChI=1S/C16H25N3O2/c1-5-13-14(11(3)20)10(2)18-15(13)16(21)19-8-6-7-12(9-19)17-4/h12,17-18H,5-9H2,1-4H3. The Morgan fingerprint density at radius 1 is 1.43 bits per heavy atom. The first-order chi connectivity index (χ1) is 9.99. The zero-order valence-corrected chi connectivity index (χ0v) is 13.4. The Bertz CT molecular complexity index is 548. The maximum absolute atomic E-state index is 12.8. The highest BCUT2D eigenvalue weighted by molar-refractivity contribution is 6.02. The monoisotopic (exact) mass is 291 g/mol. The number of nitrogens with zero attached hydrogens (tertiary/aromatic N) is 1. The highest BCUT2D eigenvalue weighted by Crippen LogP contribution is 2.23. The number of hydrogen-bond donors (Lipinski definition) is 2. The van der Waals surface area contributed by atoms with E-state index < -0.39 is 0 Å². The summed E-state index contributed by atoms with van der Waals surface area (Å²) in [5.74, 6) is 0.0359. The predicted molar refractivity (Wildman–Crippen MR) is 82.9 cm³/mol. The van der Waals surface area contributed by atoms with Crippen LogP contribution in [-0.4, -0.2) is 47.8 Å². The molecule has 1 aromatic heterocycles. The molecule has 21 heavy (non-hydrogen) atoms. The van der Waals surface area contributed by atoms with Crippen LogP contribution in [0, 0.1) is 6.92 Å². The van der Waals surface area contributed by atoms with E-state index >= 15 is 0 Å². The number of carbonyl (C=O) groups excluding carboxylic acids is 2. The minimum absolute atomic E-state index is 0.0161. The van der Waals surface area contributed by atoms with Crippen molar-refractivity contribution in [2.24, 2.45) is 0 Å². The van der Waals surface area contributed by atoms with Crippen LogP contribution in [0.15, 0.2) is 0 Å². The van der Waals surface area contributed by atoms with E-state index in [2.05, 4.69) is 10.3 Å². The predicted octanol–water partition coefficient (Wildman–Crippen LogP) is 1.91. The van der Waals surface area contributed by atoms with E-state index in [1.165, 1.54) is 0 Å². The number of ketones is 1. The summed E-state index contributed by atoms with van der Waals surface area (Å²) in [6.07, 6.45) is 2.80. The lowest BCUT2D eigenvalue weighted by Crippen LogP contribution is -2.47. The fourth-order valence-corrected chi connectivity index (χ4v) is 3.24. The van der Waals surface area contributed by atoms with E-state index in [1.807, 2.05) is 25.8 Å². The van der Waals surface area contributed by atoms with Gasteiger partial charge >= 0.3 is 0 Å². The van der Waals surface area contributed by atoms with Gasteiger partial charge in [0.25, 0.3) is 5.91 Å². The maximum Gasteiger partial charge on any atom is 0.270 e. The second-order valence-electron chi connectivity index (χ2n) is 5.77. The fraction of sp³-hybridized carbons (Fsp3) is 0.625. The summed E-state index contributed by atoms with van der Waals surface area (Å²) in [6.45, 7) is 6.92. The van der Waals surface area contributed by atoms with Crippen LogP contribution in [0.2, 0.25) is 0 Å². The number of rotatable bonds is 4. The van der Waals surface area contributed by atoms with Gasteiger partial charge in [-0.3, -0.25) is 9.59 Å². The zero-order valence-electron chi connectivity index (χ0n) is 13.4. The number of aromatic nitrogens is 1. The molecule has 2 rings (SSSR count). The Kier molecular flexibility index (Phi) is 4.83. The van der Waals surface area contributed by atoms with Crippen LogP contribution in [0.5, 0.6) is 0 Å². The number of hydrogen-bond acceptors (Lipinski definition) is 3. The molecule has 0 bridgehead atoms. The molecule has 1 fully saturated rings. The van der Waals surface area contributed by atoms with E-state index in [0.717, 1.165) is 37.2 Å². The van der Waals surface area contributed by atoms with Crippen LogP contribution in [0.4, 0.5) is 0 Å². The lowest BCUT2D eigenvalue weighted by Gasteiger charge is -2.32. The van der Waals surface area contributed by atoms with Gasteiger partial charge in [-0.25, -0.2) is 0 Å². The molecule has 116 valence electrons. The Hall–Kier alpha value is -1.62. The summed E-state index contributed by atoms with van der Waals surface area (Å²) in [7, 11) is 1.93. The normalized spacial score (nSPS) is 18.9. The topological polar surface area (TPSA) is 65.2 Å². The van der Waals surface area contributed by atoms with Crippen LogP contribution in [0.3, 0.4) is 0 Å². The summed E-state index contributed by atoms with van der Waals surface area (Å²) in [6, 6.07) is 0.358. The quantitative estimate of drug-likeness (QED) is 0.833. The molecule has 1 unspecified atom stereocenters. The van der Waals surface area contributed by atoms with E-state index in [9.17, 15) is 9.59 Å². The first-order valence-corrected chi connectivity index (χ1v) is 7.68. The molecule has 1 aromatic rings. The number of amides is 1. The van der Waals surface area contributed by atoms with Gasteiger partial charge < -0.3 is 15.2 Å². The summed E-state index contributed by atoms with van der Waals surface area (Å²) in [5, 5.41) is 3.25. The van der Waals surface area contributed by atoms with Crippen molar-refractivity contribution in [2.75, 3.05) is 20.1 Å². The molecule has 2 N–H and O–H groups in total. The van der Waals surface area contributed by atoms with E-state index in [1.54, 1.807) is 6.92 Å². The molecule has 2 heterocycles. The summed E-state index contributed by atoms with van der Waals surface area (Å²) >= 11 is 0. The number of Topliss-reactive ketones (excluding diaryl/α,β-unsaturated/α-hetero) is 1. The third-order valence-electron chi connectivity index (χ3n) is 4.33. The van der Waals surface area contributed by atoms with Crippen LogP contribution in [-0.2, 0) is 6.42 Å². The minimum atomic E-state index is 0.0161. The summed E-state index contributed by atoms with van der Waals surface area (Å²) < 4.78 is 0. The van der Waals surface area contributed by atoms with Crippen LogP contribution >= 0.6 is 0 Å². The molecule has 5 nitrogen and oxygen atoms in total. The van der Waals surface area contributed by atoms with Crippen molar-refractivity contribution in [1.29, 1.82) is 0 Å². The van der Waals surface area contributed by atoms with Crippen molar-refractivity contribution < 1.29 is 9.59 Å². The molecule has 0 spiro atoms. The Labute approximate surface area is 126 Å². The first-order valence-electron chi connectivity index (χ1n) is 7.68. The fourth-order valence-electron chi connectivity index (χ4n) is 3.24. The summed E-state index contributed by atoms with van der Waals surface area (Å²) in [4.78, 5) is 29.6. The van der Waals surface area contributed by atoms with Crippen molar-refractivity contribution in [1.82, 2.24) is 15.2 Å². The van der Waals surface area contributed by atoms with Gasteiger partial charge in [-0.2, -0.15) is 0 Å². The van der Waals surface area contributed by atoms with Crippen molar-refractivity contribution in [3.8, 4) is 0 Å². The van der Waals surface area contributed by atoms with Crippen LogP contribution in [0.1, 0.15) is 58.8 Å².